The van der Waals surface area contributed by atoms with E-state index in [-0.39, 0.29) is 30.6 Å². The molecule has 0 radical (unpaired) electrons. The molecule has 2 aromatic rings. The number of benzene rings is 1. The fourth-order valence-corrected chi connectivity index (χ4v) is 2.14. The summed E-state index contributed by atoms with van der Waals surface area (Å²) in [5.74, 6) is 0.0464. The summed E-state index contributed by atoms with van der Waals surface area (Å²) in [7, 11) is 2.89. The van der Waals surface area contributed by atoms with Crippen LogP contribution in [0.1, 0.15) is 12.5 Å². The van der Waals surface area contributed by atoms with Gasteiger partial charge in [0.25, 0.3) is 0 Å². The van der Waals surface area contributed by atoms with Crippen LogP contribution in [-0.4, -0.2) is 32.3 Å². The second kappa shape index (κ2) is 10.8. The van der Waals surface area contributed by atoms with Crippen LogP contribution < -0.4 is 36.6 Å². The van der Waals surface area contributed by atoms with Crippen molar-refractivity contribution in [2.45, 2.75) is 13.5 Å². The van der Waals surface area contributed by atoms with E-state index in [0.29, 0.717) is 17.1 Å². The normalized spacial score (nSPS) is 10.0. The third kappa shape index (κ3) is 6.59. The zero-order valence-corrected chi connectivity index (χ0v) is 15.9. The van der Waals surface area contributed by atoms with E-state index < -0.39 is 5.97 Å². The molecule has 1 amide bonds. The van der Waals surface area contributed by atoms with Crippen molar-refractivity contribution in [3.05, 3.63) is 48.3 Å². The Morgan fingerprint density at radius 1 is 1.11 bits per heavy atom. The van der Waals surface area contributed by atoms with Gasteiger partial charge in [0.2, 0.25) is 12.3 Å². The van der Waals surface area contributed by atoms with Crippen molar-refractivity contribution < 1.29 is 40.8 Å². The highest BCUT2D eigenvalue weighted by atomic mass is 35.5. The standard InChI is InChI=1S/C18H19N3O5.ClH/c1-13(22)26-18-15(24-2)9-14(10-16(18)25-3)11-19-20-17(23)12-21-7-5-4-6-8-21;/h4-11H,12H2,1-3H3;1H. The zero-order chi connectivity index (χ0) is 18.9. The van der Waals surface area contributed by atoms with Crippen LogP contribution in [0.15, 0.2) is 47.8 Å². The lowest BCUT2D eigenvalue weighted by Gasteiger charge is -2.13. The van der Waals surface area contributed by atoms with E-state index in [9.17, 15) is 9.59 Å². The molecule has 9 heteroatoms. The van der Waals surface area contributed by atoms with Gasteiger partial charge in [-0.1, -0.05) is 6.07 Å². The lowest BCUT2D eigenvalue weighted by atomic mass is 10.2. The second-order valence-corrected chi connectivity index (χ2v) is 5.19. The van der Waals surface area contributed by atoms with E-state index in [1.165, 1.54) is 27.4 Å². The van der Waals surface area contributed by atoms with Crippen molar-refractivity contribution in [3.8, 4) is 17.2 Å². The number of rotatable bonds is 7. The minimum Gasteiger partial charge on any atom is -1.00 e. The predicted molar refractivity (Wildman–Crippen MR) is 93.2 cm³/mol. The maximum atomic E-state index is 11.9. The summed E-state index contributed by atoms with van der Waals surface area (Å²) in [4.78, 5) is 23.1. The van der Waals surface area contributed by atoms with Gasteiger partial charge in [-0.05, 0) is 12.1 Å². The number of nitrogens with one attached hydrogen (secondary N) is 1. The van der Waals surface area contributed by atoms with Crippen molar-refractivity contribution >= 4 is 18.1 Å². The summed E-state index contributed by atoms with van der Waals surface area (Å²) in [5, 5.41) is 3.92. The minimum absolute atomic E-state index is 0. The van der Waals surface area contributed by atoms with Gasteiger partial charge in [0, 0.05) is 24.6 Å². The number of aromatic nitrogens is 1. The van der Waals surface area contributed by atoms with E-state index in [1.807, 2.05) is 18.2 Å². The minimum atomic E-state index is -0.492. The van der Waals surface area contributed by atoms with Crippen molar-refractivity contribution in [2.75, 3.05) is 14.2 Å². The van der Waals surface area contributed by atoms with Gasteiger partial charge in [-0.25, -0.2) is 5.43 Å². The van der Waals surface area contributed by atoms with Crippen LogP contribution in [0.5, 0.6) is 17.2 Å². The molecule has 0 aliphatic heterocycles. The molecule has 1 N–H and O–H groups in total. The van der Waals surface area contributed by atoms with Crippen LogP contribution in [0.2, 0.25) is 0 Å². The lowest BCUT2D eigenvalue weighted by Crippen LogP contribution is -3.00. The summed E-state index contributed by atoms with van der Waals surface area (Å²) in [5.41, 5.74) is 3.04. The molecule has 0 saturated heterocycles. The number of halogens is 1. The van der Waals surface area contributed by atoms with Crippen molar-refractivity contribution in [3.63, 3.8) is 0 Å². The van der Waals surface area contributed by atoms with Crippen LogP contribution in [0.3, 0.4) is 0 Å². The molecular formula is C18H20ClN3O5. The fourth-order valence-electron chi connectivity index (χ4n) is 2.14. The highest BCUT2D eigenvalue weighted by molar-refractivity contribution is 5.84. The summed E-state index contributed by atoms with van der Waals surface area (Å²) < 4.78 is 17.3. The quantitative estimate of drug-likeness (QED) is 0.194. The van der Waals surface area contributed by atoms with E-state index in [1.54, 1.807) is 29.1 Å². The first-order chi connectivity index (χ1) is 12.5. The number of pyridine rings is 1. The third-order valence-electron chi connectivity index (χ3n) is 3.24. The molecule has 144 valence electrons. The first-order valence-corrected chi connectivity index (χ1v) is 7.74. The summed E-state index contributed by atoms with van der Waals surface area (Å²) in [6.45, 7) is 1.44. The molecule has 0 bridgehead atoms. The zero-order valence-electron chi connectivity index (χ0n) is 15.1. The van der Waals surface area contributed by atoms with E-state index >= 15 is 0 Å². The third-order valence-corrected chi connectivity index (χ3v) is 3.24. The molecule has 27 heavy (non-hydrogen) atoms. The number of hydrogen-bond acceptors (Lipinski definition) is 6. The molecule has 0 saturated carbocycles. The highest BCUT2D eigenvalue weighted by Gasteiger charge is 2.15. The molecule has 0 aliphatic rings. The lowest BCUT2D eigenvalue weighted by molar-refractivity contribution is -0.684. The molecule has 0 fully saturated rings. The predicted octanol–water partition coefficient (Wildman–Crippen LogP) is -1.93. The number of hydrazone groups is 1. The first kappa shape index (κ1) is 21.9. The molecule has 0 unspecified atom stereocenters. The number of hydrogen-bond donors (Lipinski definition) is 1. The Balaban J connectivity index is 0.00000364. The largest absolute Gasteiger partial charge is 1.00 e. The molecule has 0 atom stereocenters. The first-order valence-electron chi connectivity index (χ1n) is 7.74. The van der Waals surface area contributed by atoms with Crippen LogP contribution >= 0.6 is 0 Å². The van der Waals surface area contributed by atoms with E-state index in [0.717, 1.165) is 0 Å². The van der Waals surface area contributed by atoms with Gasteiger partial charge in [0.05, 0.1) is 20.4 Å². The second-order valence-electron chi connectivity index (χ2n) is 5.19. The van der Waals surface area contributed by atoms with Crippen LogP contribution in [0.25, 0.3) is 0 Å². The van der Waals surface area contributed by atoms with E-state index in [4.69, 9.17) is 14.2 Å². The maximum Gasteiger partial charge on any atom is 0.308 e. The van der Waals surface area contributed by atoms with Gasteiger partial charge in [0.15, 0.2) is 23.9 Å². The number of nitrogens with zero attached hydrogens (tertiary/aromatic N) is 2. The molecule has 0 aliphatic carbocycles. The number of ether oxygens (including phenoxy) is 3. The monoisotopic (exact) mass is 393 g/mol. The molecule has 1 aromatic carbocycles. The van der Waals surface area contributed by atoms with Gasteiger partial charge < -0.3 is 26.6 Å². The summed E-state index contributed by atoms with van der Waals surface area (Å²) >= 11 is 0. The molecule has 8 nitrogen and oxygen atoms in total. The molecular weight excluding hydrogens is 374 g/mol. The van der Waals surface area contributed by atoms with Crippen molar-refractivity contribution in [1.29, 1.82) is 0 Å². The van der Waals surface area contributed by atoms with Crippen molar-refractivity contribution in [2.24, 2.45) is 5.10 Å². The van der Waals surface area contributed by atoms with Gasteiger partial charge in [-0.2, -0.15) is 9.67 Å². The number of carbonyl (C=O) groups is 2. The number of amides is 1. The Kier molecular flexibility index (Phi) is 8.74. The van der Waals surface area contributed by atoms with Crippen LogP contribution in [0.4, 0.5) is 0 Å². The fraction of sp³-hybridized carbons (Fsp3) is 0.222. The summed E-state index contributed by atoms with van der Waals surface area (Å²) in [6, 6.07) is 8.76. The Morgan fingerprint density at radius 3 is 2.22 bits per heavy atom. The van der Waals surface area contributed by atoms with E-state index in [2.05, 4.69) is 10.5 Å². The average molecular weight is 394 g/mol. The Hall–Kier alpha value is -3.13. The topological polar surface area (TPSA) is 90.1 Å². The molecule has 2 rings (SSSR count). The highest BCUT2D eigenvalue weighted by Crippen LogP contribution is 2.38. The van der Waals surface area contributed by atoms with Gasteiger partial charge in [-0.3, -0.25) is 9.59 Å². The molecule has 1 heterocycles. The molecule has 0 spiro atoms. The van der Waals surface area contributed by atoms with Gasteiger partial charge >= 0.3 is 11.9 Å². The van der Waals surface area contributed by atoms with Crippen LogP contribution in [0, 0.1) is 0 Å². The Morgan fingerprint density at radius 2 is 1.70 bits per heavy atom. The van der Waals surface area contributed by atoms with Gasteiger partial charge in [0.1, 0.15) is 0 Å². The molecule has 1 aromatic heterocycles. The number of carbonyl (C=O) groups excluding carboxylic acids is 2. The number of methoxy groups -OCH3 is 2. The number of esters is 1. The smallest absolute Gasteiger partial charge is 0.308 e. The summed E-state index contributed by atoms with van der Waals surface area (Å²) in [6.07, 6.45) is 5.01. The van der Waals surface area contributed by atoms with Crippen LogP contribution in [-0.2, 0) is 16.1 Å². The Labute approximate surface area is 163 Å². The van der Waals surface area contributed by atoms with Crippen molar-refractivity contribution in [1.82, 2.24) is 5.43 Å². The SMILES string of the molecule is COc1cc(C=NNC(=O)C[n+]2ccccc2)cc(OC)c1OC(C)=O.[Cl-]. The Bertz CT molecular complexity index is 787. The average Bonchev–Trinajstić information content (AvgIpc) is 2.62. The van der Waals surface area contributed by atoms with Gasteiger partial charge in [-0.15, -0.1) is 0 Å². The maximum absolute atomic E-state index is 11.9.